The molecule has 0 bridgehead atoms. The van der Waals surface area contributed by atoms with E-state index in [1.165, 1.54) is 0 Å². The molecule has 2 aliphatic rings. The number of para-hydroxylation sites is 1. The van der Waals surface area contributed by atoms with Gasteiger partial charge in [-0.15, -0.1) is 0 Å². The molecular formula is C25H30N4O4S. The van der Waals surface area contributed by atoms with E-state index in [1.54, 1.807) is 29.2 Å². The van der Waals surface area contributed by atoms with Crippen LogP contribution in [0.2, 0.25) is 0 Å². The zero-order valence-corrected chi connectivity index (χ0v) is 20.1. The van der Waals surface area contributed by atoms with Crippen LogP contribution in [0.4, 0.5) is 11.4 Å². The standard InChI is InChI=1S/C25H30N4O4S/c1-2-33-21-10-8-19(9-11-21)26-23(30)18-22-24(31)29(20-6-4-3-5-7-20)25(34)28(22)13-12-27-14-16-32-17-15-27/h3-11,22H,2,12-18H2,1H3,(H,26,30)/t22-/m0/s1. The average Bonchev–Trinajstić information content (AvgIpc) is 3.09. The fourth-order valence-corrected chi connectivity index (χ4v) is 4.58. The van der Waals surface area contributed by atoms with E-state index in [-0.39, 0.29) is 18.2 Å². The number of ether oxygens (including phenoxy) is 2. The van der Waals surface area contributed by atoms with E-state index in [4.69, 9.17) is 21.7 Å². The predicted octanol–water partition coefficient (Wildman–Crippen LogP) is 2.75. The minimum atomic E-state index is -0.656. The second-order valence-corrected chi connectivity index (χ2v) is 8.53. The van der Waals surface area contributed by atoms with Gasteiger partial charge < -0.3 is 19.7 Å². The number of anilines is 2. The maximum absolute atomic E-state index is 13.4. The molecule has 34 heavy (non-hydrogen) atoms. The monoisotopic (exact) mass is 482 g/mol. The Hall–Kier alpha value is -3.01. The van der Waals surface area contributed by atoms with Crippen molar-refractivity contribution in [1.82, 2.24) is 9.80 Å². The Morgan fingerprint density at radius 1 is 1.09 bits per heavy atom. The molecule has 2 amide bonds. The van der Waals surface area contributed by atoms with Crippen LogP contribution in [0.1, 0.15) is 13.3 Å². The van der Waals surface area contributed by atoms with Crippen molar-refractivity contribution in [2.45, 2.75) is 19.4 Å². The van der Waals surface area contributed by atoms with Crippen molar-refractivity contribution in [3.8, 4) is 5.75 Å². The molecule has 0 aliphatic carbocycles. The van der Waals surface area contributed by atoms with Crippen LogP contribution < -0.4 is 15.0 Å². The van der Waals surface area contributed by atoms with Gasteiger partial charge in [-0.25, -0.2) is 0 Å². The van der Waals surface area contributed by atoms with Crippen LogP contribution in [0, 0.1) is 0 Å². The van der Waals surface area contributed by atoms with Gasteiger partial charge in [0.2, 0.25) is 5.91 Å². The first-order valence-corrected chi connectivity index (χ1v) is 12.0. The van der Waals surface area contributed by atoms with E-state index in [1.807, 2.05) is 42.2 Å². The molecule has 2 saturated heterocycles. The molecule has 0 aromatic heterocycles. The van der Waals surface area contributed by atoms with Gasteiger partial charge >= 0.3 is 0 Å². The largest absolute Gasteiger partial charge is 0.494 e. The molecule has 2 aromatic carbocycles. The summed E-state index contributed by atoms with van der Waals surface area (Å²) in [6.07, 6.45) is 0.0125. The van der Waals surface area contributed by atoms with Crippen molar-refractivity contribution < 1.29 is 19.1 Å². The summed E-state index contributed by atoms with van der Waals surface area (Å²) in [6.45, 7) is 6.90. The van der Waals surface area contributed by atoms with E-state index < -0.39 is 6.04 Å². The Labute approximate surface area is 205 Å². The molecule has 1 atom stereocenters. The maximum atomic E-state index is 13.4. The second kappa shape index (κ2) is 11.4. The van der Waals surface area contributed by atoms with Crippen LogP contribution in [-0.2, 0) is 14.3 Å². The summed E-state index contributed by atoms with van der Waals surface area (Å²) >= 11 is 5.73. The highest BCUT2D eigenvalue weighted by Crippen LogP contribution is 2.27. The van der Waals surface area contributed by atoms with Gasteiger partial charge in [0, 0.05) is 31.9 Å². The van der Waals surface area contributed by atoms with Crippen molar-refractivity contribution in [2.75, 3.05) is 56.2 Å². The number of carbonyl (C=O) groups is 2. The Bertz CT molecular complexity index is 996. The molecular weight excluding hydrogens is 452 g/mol. The summed E-state index contributed by atoms with van der Waals surface area (Å²) in [7, 11) is 0. The van der Waals surface area contributed by atoms with Crippen LogP contribution in [-0.4, -0.2) is 78.8 Å². The van der Waals surface area contributed by atoms with Crippen molar-refractivity contribution in [2.24, 2.45) is 0 Å². The molecule has 8 nitrogen and oxygen atoms in total. The Kier molecular flexibility index (Phi) is 8.10. The van der Waals surface area contributed by atoms with Gasteiger partial charge in [0.15, 0.2) is 5.11 Å². The number of morpholine rings is 1. The van der Waals surface area contributed by atoms with Gasteiger partial charge in [0.1, 0.15) is 11.8 Å². The molecule has 2 aromatic rings. The average molecular weight is 483 g/mol. The lowest BCUT2D eigenvalue weighted by Gasteiger charge is -2.30. The molecule has 2 heterocycles. The molecule has 9 heteroatoms. The molecule has 2 aliphatic heterocycles. The number of hydrogen-bond acceptors (Lipinski definition) is 6. The predicted molar refractivity (Wildman–Crippen MR) is 135 cm³/mol. The number of hydrogen-bond donors (Lipinski definition) is 1. The number of amides is 2. The van der Waals surface area contributed by atoms with E-state index in [0.717, 1.165) is 25.4 Å². The fraction of sp³-hybridized carbons (Fsp3) is 0.400. The topological polar surface area (TPSA) is 74.4 Å². The Morgan fingerprint density at radius 2 is 1.79 bits per heavy atom. The highest BCUT2D eigenvalue weighted by atomic mass is 32.1. The number of benzene rings is 2. The first kappa shape index (κ1) is 24.1. The molecule has 2 fully saturated rings. The van der Waals surface area contributed by atoms with Crippen LogP contribution in [0.15, 0.2) is 54.6 Å². The van der Waals surface area contributed by atoms with Crippen molar-refractivity contribution in [3.63, 3.8) is 0 Å². The Balaban J connectivity index is 1.47. The molecule has 0 spiro atoms. The highest BCUT2D eigenvalue weighted by Gasteiger charge is 2.44. The summed E-state index contributed by atoms with van der Waals surface area (Å²) in [4.78, 5) is 32.1. The van der Waals surface area contributed by atoms with Crippen molar-refractivity contribution >= 4 is 40.5 Å². The smallest absolute Gasteiger partial charge is 0.256 e. The Morgan fingerprint density at radius 3 is 2.47 bits per heavy atom. The van der Waals surface area contributed by atoms with Crippen LogP contribution in [0.25, 0.3) is 0 Å². The summed E-state index contributed by atoms with van der Waals surface area (Å²) in [6, 6.07) is 15.9. The number of carbonyl (C=O) groups excluding carboxylic acids is 2. The van der Waals surface area contributed by atoms with Crippen molar-refractivity contribution in [3.05, 3.63) is 54.6 Å². The lowest BCUT2D eigenvalue weighted by atomic mass is 10.1. The number of rotatable bonds is 9. The lowest BCUT2D eigenvalue weighted by molar-refractivity contribution is -0.124. The zero-order chi connectivity index (χ0) is 23.9. The van der Waals surface area contributed by atoms with Crippen LogP contribution >= 0.6 is 12.2 Å². The van der Waals surface area contributed by atoms with Crippen LogP contribution in [0.3, 0.4) is 0 Å². The third kappa shape index (κ3) is 5.72. The first-order chi connectivity index (χ1) is 16.6. The maximum Gasteiger partial charge on any atom is 0.256 e. The fourth-order valence-electron chi connectivity index (χ4n) is 4.16. The normalized spacial score (nSPS) is 18.9. The third-order valence-corrected chi connectivity index (χ3v) is 6.34. The van der Waals surface area contributed by atoms with E-state index in [9.17, 15) is 9.59 Å². The van der Waals surface area contributed by atoms with Gasteiger partial charge in [-0.1, -0.05) is 18.2 Å². The summed E-state index contributed by atoms with van der Waals surface area (Å²) in [5.74, 6) is 0.321. The number of nitrogens with zero attached hydrogens (tertiary/aromatic N) is 3. The van der Waals surface area contributed by atoms with E-state index >= 15 is 0 Å². The third-order valence-electron chi connectivity index (χ3n) is 5.92. The summed E-state index contributed by atoms with van der Waals surface area (Å²) < 4.78 is 10.9. The first-order valence-electron chi connectivity index (χ1n) is 11.6. The zero-order valence-electron chi connectivity index (χ0n) is 19.3. The SMILES string of the molecule is CCOc1ccc(NC(=O)C[C@H]2C(=O)N(c3ccccc3)C(=S)N2CCN2CCOCC2)cc1. The molecule has 0 unspecified atom stereocenters. The molecule has 1 N–H and O–H groups in total. The minimum absolute atomic E-state index is 0.0125. The van der Waals surface area contributed by atoms with Gasteiger partial charge in [0.05, 0.1) is 31.9 Å². The van der Waals surface area contributed by atoms with Gasteiger partial charge in [-0.05, 0) is 55.5 Å². The molecule has 180 valence electrons. The summed E-state index contributed by atoms with van der Waals surface area (Å²) in [5, 5.41) is 3.33. The van der Waals surface area contributed by atoms with E-state index in [2.05, 4.69) is 10.2 Å². The highest BCUT2D eigenvalue weighted by molar-refractivity contribution is 7.80. The number of nitrogens with one attached hydrogen (secondary N) is 1. The molecule has 0 saturated carbocycles. The van der Waals surface area contributed by atoms with Gasteiger partial charge in [0.25, 0.3) is 5.91 Å². The van der Waals surface area contributed by atoms with Gasteiger partial charge in [-0.2, -0.15) is 0 Å². The minimum Gasteiger partial charge on any atom is -0.494 e. The van der Waals surface area contributed by atoms with Crippen molar-refractivity contribution in [1.29, 1.82) is 0 Å². The molecule has 4 rings (SSSR count). The summed E-state index contributed by atoms with van der Waals surface area (Å²) in [5.41, 5.74) is 1.37. The molecule has 0 radical (unpaired) electrons. The quantitative estimate of drug-likeness (QED) is 0.551. The van der Waals surface area contributed by atoms with E-state index in [0.29, 0.717) is 42.9 Å². The number of thiocarbonyl (C=S) groups is 1. The van der Waals surface area contributed by atoms with Gasteiger partial charge in [-0.3, -0.25) is 19.4 Å². The lowest BCUT2D eigenvalue weighted by Crippen LogP contribution is -2.45. The van der Waals surface area contributed by atoms with Crippen LogP contribution in [0.5, 0.6) is 5.75 Å². The second-order valence-electron chi connectivity index (χ2n) is 8.16.